The molecule has 2 N–H and O–H groups in total. The molecule has 3 aromatic rings. The number of thiazole rings is 1. The molecule has 1 aromatic heterocycles. The number of anilines is 2. The third-order valence-corrected chi connectivity index (χ3v) is 8.70. The first kappa shape index (κ1) is 33.9. The molecule has 42 heavy (non-hydrogen) atoms. The first-order valence-electron chi connectivity index (χ1n) is 15.2. The lowest BCUT2D eigenvalue weighted by atomic mass is 9.95. The lowest BCUT2D eigenvalue weighted by Crippen LogP contribution is -2.19. The maximum absolute atomic E-state index is 12.8. The molecule has 1 atom stereocenters. The molecule has 0 saturated carbocycles. The molecular weight excluding hydrogens is 589 g/mol. The number of nitrogens with one attached hydrogen (secondary N) is 2. The number of esters is 1. The van der Waals surface area contributed by atoms with Gasteiger partial charge >= 0.3 is 12.0 Å². The Kier molecular flexibility index (Phi) is 15.2. The fourth-order valence-electron chi connectivity index (χ4n) is 4.73. The number of hydrogen-bond donors (Lipinski definition) is 2. The molecule has 6 nitrogen and oxygen atoms in total. The van der Waals surface area contributed by atoms with E-state index < -0.39 is 6.03 Å². The average Bonchev–Trinajstić information content (AvgIpc) is 3.45. The van der Waals surface area contributed by atoms with E-state index in [1.807, 2.05) is 11.4 Å². The smallest absolute Gasteiger partial charge is 0.338 e. The Labute approximate surface area is 264 Å². The number of hydrogen-bond acceptors (Lipinski definition) is 5. The molecule has 0 saturated heterocycles. The fraction of sp³-hybridized carbons (Fsp3) is 0.485. The predicted molar refractivity (Wildman–Crippen MR) is 177 cm³/mol. The molecule has 228 valence electrons. The van der Waals surface area contributed by atoms with Gasteiger partial charge in [0.05, 0.1) is 27.9 Å². The minimum absolute atomic E-state index is 0.329. The molecule has 9 heteroatoms. The second kappa shape index (κ2) is 18.8. The van der Waals surface area contributed by atoms with Crippen LogP contribution in [0, 0.1) is 5.92 Å². The Hall–Kier alpha value is -2.61. The maximum Gasteiger partial charge on any atom is 0.338 e. The summed E-state index contributed by atoms with van der Waals surface area (Å²) in [5, 5.41) is 8.70. The number of amides is 2. The van der Waals surface area contributed by atoms with Crippen LogP contribution in [-0.4, -0.2) is 23.6 Å². The van der Waals surface area contributed by atoms with Gasteiger partial charge in [-0.25, -0.2) is 14.6 Å². The number of ether oxygens (including phenoxy) is 1. The van der Waals surface area contributed by atoms with Crippen molar-refractivity contribution in [1.82, 2.24) is 4.98 Å². The van der Waals surface area contributed by atoms with Gasteiger partial charge in [0.1, 0.15) is 0 Å². The second-order valence-electron chi connectivity index (χ2n) is 10.7. The summed E-state index contributed by atoms with van der Waals surface area (Å²) in [6.45, 7) is 4.92. The van der Waals surface area contributed by atoms with Gasteiger partial charge in [-0.3, -0.25) is 5.32 Å². The number of nitrogens with zero attached hydrogens (tertiary/aromatic N) is 1. The molecular formula is C33H43Cl2N3O3S. The summed E-state index contributed by atoms with van der Waals surface area (Å²) in [4.78, 5) is 29.7. The Balaban J connectivity index is 1.46. The van der Waals surface area contributed by atoms with Gasteiger partial charge in [0.2, 0.25) is 0 Å². The van der Waals surface area contributed by atoms with Crippen molar-refractivity contribution in [2.24, 2.45) is 5.92 Å². The molecule has 0 aliphatic heterocycles. The number of benzene rings is 2. The lowest BCUT2D eigenvalue weighted by Gasteiger charge is -2.17. The van der Waals surface area contributed by atoms with Crippen LogP contribution < -0.4 is 10.6 Å². The molecule has 0 fully saturated rings. The molecule has 0 bridgehead atoms. The number of unbranched alkanes of at least 4 members (excludes halogenated alkanes) is 8. The zero-order valence-electron chi connectivity index (χ0n) is 24.7. The van der Waals surface area contributed by atoms with E-state index in [1.165, 1.54) is 75.5 Å². The summed E-state index contributed by atoms with van der Waals surface area (Å²) in [5.41, 5.74) is 2.52. The van der Waals surface area contributed by atoms with E-state index in [2.05, 4.69) is 29.5 Å². The minimum atomic E-state index is -0.430. The summed E-state index contributed by atoms with van der Waals surface area (Å²) in [6, 6.07) is 11.6. The zero-order chi connectivity index (χ0) is 30.2. The minimum Gasteiger partial charge on any atom is -0.462 e. The molecule has 1 unspecified atom stereocenters. The largest absolute Gasteiger partial charge is 0.462 e. The standard InChI is InChI=1S/C33H43Cl2N3O3S/c1-3-5-7-9-10-12-14-24(13-11-8-6-4-2)22-41-31(39)25-15-18-27(19-16-25)36-32(40)38-33-37-30(23-42-33)26-17-20-28(34)29(35)21-26/h15-21,23-24H,3-14,22H2,1-2H3,(H2,36,37,38,40). The predicted octanol–water partition coefficient (Wildman–Crippen LogP) is 11.3. The molecule has 0 aliphatic rings. The van der Waals surface area contributed by atoms with Crippen LogP contribution >= 0.6 is 34.5 Å². The molecule has 2 aromatic carbocycles. The maximum atomic E-state index is 12.8. The van der Waals surface area contributed by atoms with Crippen LogP contribution in [0.25, 0.3) is 11.3 Å². The number of halogens is 2. The molecule has 2 amide bonds. The summed E-state index contributed by atoms with van der Waals surface area (Å²) >= 11 is 13.4. The third-order valence-electron chi connectivity index (χ3n) is 7.20. The van der Waals surface area contributed by atoms with Crippen LogP contribution in [0.2, 0.25) is 10.0 Å². The van der Waals surface area contributed by atoms with Crippen molar-refractivity contribution in [3.05, 3.63) is 63.5 Å². The average molecular weight is 633 g/mol. The Morgan fingerprint density at radius 3 is 2.14 bits per heavy atom. The van der Waals surface area contributed by atoms with E-state index in [1.54, 1.807) is 36.4 Å². The molecule has 3 rings (SSSR count). The lowest BCUT2D eigenvalue weighted by molar-refractivity contribution is 0.0422. The van der Waals surface area contributed by atoms with Crippen LogP contribution in [0.3, 0.4) is 0 Å². The quantitative estimate of drug-likeness (QED) is 0.108. The van der Waals surface area contributed by atoms with Gasteiger partial charge in [-0.15, -0.1) is 11.3 Å². The Morgan fingerprint density at radius 1 is 0.833 bits per heavy atom. The Morgan fingerprint density at radius 2 is 1.48 bits per heavy atom. The van der Waals surface area contributed by atoms with E-state index in [0.717, 1.165) is 18.4 Å². The van der Waals surface area contributed by atoms with Gasteiger partial charge in [0.15, 0.2) is 5.13 Å². The first-order chi connectivity index (χ1) is 20.4. The van der Waals surface area contributed by atoms with Gasteiger partial charge < -0.3 is 10.1 Å². The third kappa shape index (κ3) is 11.9. The van der Waals surface area contributed by atoms with Crippen LogP contribution in [0.15, 0.2) is 47.8 Å². The van der Waals surface area contributed by atoms with Gasteiger partial charge in [0, 0.05) is 16.6 Å². The number of aromatic nitrogens is 1. The van der Waals surface area contributed by atoms with E-state index in [-0.39, 0.29) is 5.97 Å². The highest BCUT2D eigenvalue weighted by Crippen LogP contribution is 2.30. The topological polar surface area (TPSA) is 80.3 Å². The van der Waals surface area contributed by atoms with Gasteiger partial charge in [-0.05, 0) is 55.2 Å². The van der Waals surface area contributed by atoms with E-state index in [4.69, 9.17) is 27.9 Å². The van der Waals surface area contributed by atoms with Crippen molar-refractivity contribution < 1.29 is 14.3 Å². The highest BCUT2D eigenvalue weighted by Gasteiger charge is 2.15. The molecule has 0 aliphatic carbocycles. The van der Waals surface area contributed by atoms with Crippen molar-refractivity contribution >= 4 is 57.4 Å². The van der Waals surface area contributed by atoms with Crippen molar-refractivity contribution in [1.29, 1.82) is 0 Å². The number of rotatable bonds is 18. The van der Waals surface area contributed by atoms with Gasteiger partial charge in [-0.2, -0.15) is 0 Å². The number of carbonyl (C=O) groups is 2. The highest BCUT2D eigenvalue weighted by molar-refractivity contribution is 7.14. The van der Waals surface area contributed by atoms with E-state index in [0.29, 0.717) is 44.6 Å². The number of urea groups is 1. The summed E-state index contributed by atoms with van der Waals surface area (Å²) < 4.78 is 5.73. The van der Waals surface area contributed by atoms with Crippen molar-refractivity contribution in [3.63, 3.8) is 0 Å². The van der Waals surface area contributed by atoms with Gasteiger partial charge in [-0.1, -0.05) is 107 Å². The summed E-state index contributed by atoms with van der Waals surface area (Å²) in [5.74, 6) is 0.0785. The molecule has 1 heterocycles. The highest BCUT2D eigenvalue weighted by atomic mass is 35.5. The molecule has 0 radical (unpaired) electrons. The zero-order valence-corrected chi connectivity index (χ0v) is 27.1. The van der Waals surface area contributed by atoms with Crippen LogP contribution in [0.5, 0.6) is 0 Å². The van der Waals surface area contributed by atoms with E-state index >= 15 is 0 Å². The normalized spacial score (nSPS) is 11.7. The monoisotopic (exact) mass is 631 g/mol. The second-order valence-corrected chi connectivity index (χ2v) is 12.4. The SMILES string of the molecule is CCCCCCCCC(CCCCCC)COC(=O)c1ccc(NC(=O)Nc2nc(-c3ccc(Cl)c(Cl)c3)cs2)cc1. The number of carbonyl (C=O) groups excluding carboxylic acids is 2. The summed E-state index contributed by atoms with van der Waals surface area (Å²) in [7, 11) is 0. The van der Waals surface area contributed by atoms with Crippen molar-refractivity contribution in [2.45, 2.75) is 90.9 Å². The molecule has 0 spiro atoms. The van der Waals surface area contributed by atoms with Crippen LogP contribution in [0.1, 0.15) is 101 Å². The van der Waals surface area contributed by atoms with Crippen LogP contribution in [0.4, 0.5) is 15.6 Å². The van der Waals surface area contributed by atoms with Crippen LogP contribution in [-0.2, 0) is 4.74 Å². The van der Waals surface area contributed by atoms with Crippen molar-refractivity contribution in [3.8, 4) is 11.3 Å². The van der Waals surface area contributed by atoms with E-state index in [9.17, 15) is 9.59 Å². The summed E-state index contributed by atoms with van der Waals surface area (Å²) in [6.07, 6.45) is 14.7. The first-order valence-corrected chi connectivity index (χ1v) is 16.8. The van der Waals surface area contributed by atoms with Crippen molar-refractivity contribution in [2.75, 3.05) is 17.2 Å². The van der Waals surface area contributed by atoms with Gasteiger partial charge in [0.25, 0.3) is 0 Å². The Bertz CT molecular complexity index is 1250. The fourth-order valence-corrected chi connectivity index (χ4v) is 5.74.